The smallest absolute Gasteiger partial charge is 0.247 e. The van der Waals surface area contributed by atoms with E-state index in [1.165, 1.54) is 4.31 Å². The molecule has 1 aromatic carbocycles. The molecule has 6 nitrogen and oxygen atoms in total. The number of sulfonamides is 1. The summed E-state index contributed by atoms with van der Waals surface area (Å²) in [6.07, 6.45) is 0.533. The summed E-state index contributed by atoms with van der Waals surface area (Å²) in [6, 6.07) is 6.74. The maximum absolute atomic E-state index is 13.0. The number of hydrogen-bond acceptors (Lipinski definition) is 5. The van der Waals surface area contributed by atoms with Gasteiger partial charge in [0.1, 0.15) is 16.4 Å². The van der Waals surface area contributed by atoms with Gasteiger partial charge in [0, 0.05) is 18.9 Å². The second-order valence-corrected chi connectivity index (χ2v) is 7.95. The molecule has 1 aliphatic heterocycles. The highest BCUT2D eigenvalue weighted by molar-refractivity contribution is 7.89. The summed E-state index contributed by atoms with van der Waals surface area (Å²) in [5.74, 6) is 2.02. The third-order valence-corrected chi connectivity index (χ3v) is 5.85. The molecule has 0 amide bonds. The zero-order chi connectivity index (χ0) is 17.3. The van der Waals surface area contributed by atoms with Crippen LogP contribution in [0.15, 0.2) is 33.6 Å². The van der Waals surface area contributed by atoms with Gasteiger partial charge < -0.3 is 9.15 Å². The van der Waals surface area contributed by atoms with Crippen LogP contribution in [0, 0.1) is 0 Å². The lowest BCUT2D eigenvalue weighted by atomic mass is 10.2. The van der Waals surface area contributed by atoms with E-state index in [4.69, 9.17) is 9.15 Å². The predicted molar refractivity (Wildman–Crippen MR) is 89.5 cm³/mol. The summed E-state index contributed by atoms with van der Waals surface area (Å²) in [5.41, 5.74) is 0.711. The fraction of sp³-hybridized carbons (Fsp3) is 0.471. The second-order valence-electron chi connectivity index (χ2n) is 6.05. The van der Waals surface area contributed by atoms with E-state index in [-0.39, 0.29) is 17.4 Å². The van der Waals surface area contributed by atoms with Gasteiger partial charge in [-0.05, 0) is 19.1 Å². The molecule has 130 valence electrons. The van der Waals surface area contributed by atoms with E-state index < -0.39 is 10.0 Å². The van der Waals surface area contributed by atoms with Crippen LogP contribution in [0.1, 0.15) is 44.0 Å². The molecule has 2 aromatic rings. The summed E-state index contributed by atoms with van der Waals surface area (Å²) < 4.78 is 38.7. The maximum Gasteiger partial charge on any atom is 0.247 e. The third-order valence-electron chi connectivity index (χ3n) is 3.97. The quantitative estimate of drug-likeness (QED) is 0.829. The number of nitrogens with zero attached hydrogens (tertiary/aromatic N) is 2. The number of benzene rings is 1. The van der Waals surface area contributed by atoms with Gasteiger partial charge in [-0.2, -0.15) is 4.31 Å². The Labute approximate surface area is 142 Å². The third kappa shape index (κ3) is 3.06. The number of ether oxygens (including phenoxy) is 1. The highest BCUT2D eigenvalue weighted by atomic mass is 32.2. The van der Waals surface area contributed by atoms with Gasteiger partial charge in [-0.3, -0.25) is 0 Å². The first-order chi connectivity index (χ1) is 11.4. The van der Waals surface area contributed by atoms with Crippen molar-refractivity contribution in [2.75, 3.05) is 13.2 Å². The lowest BCUT2D eigenvalue weighted by Gasteiger charge is -2.25. The molecule has 2 heterocycles. The van der Waals surface area contributed by atoms with Crippen molar-refractivity contribution < 1.29 is 17.6 Å². The van der Waals surface area contributed by atoms with Crippen molar-refractivity contribution in [1.29, 1.82) is 0 Å². The average Bonchev–Trinajstić information content (AvgIpc) is 2.99. The van der Waals surface area contributed by atoms with E-state index in [1.807, 2.05) is 20.8 Å². The van der Waals surface area contributed by atoms with E-state index in [2.05, 4.69) is 4.98 Å². The largest absolute Gasteiger partial charge is 0.492 e. The minimum Gasteiger partial charge on any atom is -0.492 e. The first-order valence-electron chi connectivity index (χ1n) is 8.14. The first-order valence-corrected chi connectivity index (χ1v) is 9.58. The Kier molecular flexibility index (Phi) is 4.64. The highest BCUT2D eigenvalue weighted by Crippen LogP contribution is 2.31. The van der Waals surface area contributed by atoms with Crippen LogP contribution >= 0.6 is 0 Å². The van der Waals surface area contributed by atoms with Crippen molar-refractivity contribution in [2.24, 2.45) is 0 Å². The molecule has 0 unspecified atom stereocenters. The van der Waals surface area contributed by atoms with Crippen LogP contribution in [0.2, 0.25) is 0 Å². The van der Waals surface area contributed by atoms with Gasteiger partial charge in [-0.1, -0.05) is 26.0 Å². The molecule has 0 saturated carbocycles. The molecule has 3 rings (SSSR count). The van der Waals surface area contributed by atoms with Crippen LogP contribution in [-0.4, -0.2) is 30.9 Å². The molecule has 1 aromatic heterocycles. The number of rotatable bonds is 5. The Morgan fingerprint density at radius 3 is 2.79 bits per heavy atom. The second kappa shape index (κ2) is 6.57. The SMILES string of the molecule is CCOc1ccccc1S(=O)(=O)N1CCc2oc(C(C)C)nc2C1. The van der Waals surface area contributed by atoms with E-state index in [0.717, 1.165) is 5.76 Å². The molecular formula is C17H22N2O4S. The lowest BCUT2D eigenvalue weighted by molar-refractivity contribution is 0.325. The van der Waals surface area contributed by atoms with Crippen LogP contribution < -0.4 is 4.74 Å². The molecule has 0 bridgehead atoms. The lowest BCUT2D eigenvalue weighted by Crippen LogP contribution is -2.36. The topological polar surface area (TPSA) is 72.6 Å². The maximum atomic E-state index is 13.0. The van der Waals surface area contributed by atoms with Gasteiger partial charge in [0.25, 0.3) is 0 Å². The monoisotopic (exact) mass is 350 g/mol. The summed E-state index contributed by atoms with van der Waals surface area (Å²) in [6.45, 7) is 6.86. The van der Waals surface area contributed by atoms with Gasteiger partial charge in [-0.15, -0.1) is 0 Å². The van der Waals surface area contributed by atoms with Crippen LogP contribution in [-0.2, 0) is 23.0 Å². The summed E-state index contributed by atoms with van der Waals surface area (Å²) in [5, 5.41) is 0. The number of fused-ring (bicyclic) bond motifs is 1. The zero-order valence-corrected chi connectivity index (χ0v) is 15.0. The van der Waals surface area contributed by atoms with Gasteiger partial charge >= 0.3 is 0 Å². The Hall–Kier alpha value is -1.86. The minimum atomic E-state index is -3.64. The molecule has 0 spiro atoms. The Balaban J connectivity index is 1.91. The molecule has 0 saturated heterocycles. The van der Waals surface area contributed by atoms with E-state index in [1.54, 1.807) is 24.3 Å². The van der Waals surface area contributed by atoms with Crippen molar-refractivity contribution in [3.05, 3.63) is 41.6 Å². The van der Waals surface area contributed by atoms with Gasteiger partial charge in [0.05, 0.1) is 18.8 Å². The van der Waals surface area contributed by atoms with Crippen molar-refractivity contribution in [3.63, 3.8) is 0 Å². The molecule has 7 heteroatoms. The fourth-order valence-corrected chi connectivity index (χ4v) is 4.26. The zero-order valence-electron chi connectivity index (χ0n) is 14.2. The van der Waals surface area contributed by atoms with E-state index in [9.17, 15) is 8.42 Å². The Bertz CT molecular complexity index is 827. The molecule has 1 aliphatic rings. The highest BCUT2D eigenvalue weighted by Gasteiger charge is 2.33. The molecule has 0 N–H and O–H groups in total. The summed E-state index contributed by atoms with van der Waals surface area (Å²) in [7, 11) is -3.64. The number of oxazole rings is 1. The van der Waals surface area contributed by atoms with Gasteiger partial charge in [0.15, 0.2) is 5.89 Å². The van der Waals surface area contributed by atoms with Crippen LogP contribution in [0.4, 0.5) is 0 Å². The van der Waals surface area contributed by atoms with E-state index >= 15 is 0 Å². The number of aromatic nitrogens is 1. The molecule has 24 heavy (non-hydrogen) atoms. The van der Waals surface area contributed by atoms with Crippen molar-refractivity contribution in [3.8, 4) is 5.75 Å². The summed E-state index contributed by atoms with van der Waals surface area (Å²) in [4.78, 5) is 4.66. The number of para-hydroxylation sites is 1. The van der Waals surface area contributed by atoms with Crippen LogP contribution in [0.25, 0.3) is 0 Å². The predicted octanol–water partition coefficient (Wildman–Crippen LogP) is 2.94. The van der Waals surface area contributed by atoms with Gasteiger partial charge in [0.2, 0.25) is 10.0 Å². The minimum absolute atomic E-state index is 0.180. The summed E-state index contributed by atoms with van der Waals surface area (Å²) >= 11 is 0. The van der Waals surface area contributed by atoms with E-state index in [0.29, 0.717) is 36.9 Å². The first kappa shape index (κ1) is 17.0. The fourth-order valence-electron chi connectivity index (χ4n) is 2.72. The van der Waals surface area contributed by atoms with Crippen molar-refractivity contribution in [1.82, 2.24) is 9.29 Å². The molecule has 0 fully saturated rings. The van der Waals surface area contributed by atoms with Crippen molar-refractivity contribution >= 4 is 10.0 Å². The van der Waals surface area contributed by atoms with Gasteiger partial charge in [-0.25, -0.2) is 13.4 Å². The Morgan fingerprint density at radius 1 is 1.33 bits per heavy atom. The van der Waals surface area contributed by atoms with Crippen LogP contribution in [0.3, 0.4) is 0 Å². The molecule has 0 aliphatic carbocycles. The number of hydrogen-bond donors (Lipinski definition) is 0. The van der Waals surface area contributed by atoms with Crippen molar-refractivity contribution in [2.45, 2.75) is 44.6 Å². The molecule has 0 radical (unpaired) electrons. The molecular weight excluding hydrogens is 328 g/mol. The Morgan fingerprint density at radius 2 is 2.08 bits per heavy atom. The normalized spacial score (nSPS) is 15.5. The van der Waals surface area contributed by atoms with Crippen LogP contribution in [0.5, 0.6) is 5.75 Å². The molecule has 0 atom stereocenters. The standard InChI is InChI=1S/C17H22N2O4S/c1-4-22-15-7-5-6-8-16(15)24(20,21)19-10-9-14-13(11-19)18-17(23-14)12(2)3/h5-8,12H,4,9-11H2,1-3H3. The average molecular weight is 350 g/mol.